The van der Waals surface area contributed by atoms with Crippen molar-refractivity contribution in [3.05, 3.63) is 28.3 Å². The lowest BCUT2D eigenvalue weighted by atomic mass is 10.2. The Labute approximate surface area is 119 Å². The first-order valence-corrected chi connectivity index (χ1v) is 6.83. The van der Waals surface area contributed by atoms with E-state index in [1.807, 2.05) is 6.92 Å². The second-order valence-electron chi connectivity index (χ2n) is 4.41. The summed E-state index contributed by atoms with van der Waals surface area (Å²) in [4.78, 5) is 10.5. The Kier molecular flexibility index (Phi) is 7.42. The number of benzene rings is 1. The summed E-state index contributed by atoms with van der Waals surface area (Å²) in [6.07, 6.45) is 2.78. The Hall–Kier alpha value is -1.82. The number of nitro benzene ring substituents is 1. The van der Waals surface area contributed by atoms with Gasteiger partial charge in [-0.3, -0.25) is 10.1 Å². The van der Waals surface area contributed by atoms with Crippen molar-refractivity contribution in [2.45, 2.75) is 26.2 Å². The molecule has 0 saturated heterocycles. The van der Waals surface area contributed by atoms with Gasteiger partial charge in [0.05, 0.1) is 11.5 Å². The number of nitro groups is 1. The van der Waals surface area contributed by atoms with Gasteiger partial charge in [0.15, 0.2) is 5.75 Å². The van der Waals surface area contributed by atoms with Crippen LogP contribution in [0.1, 0.15) is 26.2 Å². The summed E-state index contributed by atoms with van der Waals surface area (Å²) in [6.45, 7) is 3.98. The zero-order valence-corrected chi connectivity index (χ0v) is 12.1. The molecule has 0 aromatic heterocycles. The van der Waals surface area contributed by atoms with Crippen LogP contribution in [0.5, 0.6) is 5.75 Å². The molecule has 6 nitrogen and oxygen atoms in total. The van der Waals surface area contributed by atoms with Gasteiger partial charge in [0, 0.05) is 38.1 Å². The summed E-state index contributed by atoms with van der Waals surface area (Å²) < 4.78 is 10.4. The topological polar surface area (TPSA) is 73.6 Å². The first-order valence-electron chi connectivity index (χ1n) is 6.83. The third-order valence-electron chi connectivity index (χ3n) is 2.72. The molecule has 1 N–H and O–H groups in total. The first-order chi connectivity index (χ1) is 9.69. The molecular weight excluding hydrogens is 260 g/mol. The van der Waals surface area contributed by atoms with Crippen LogP contribution in [-0.2, 0) is 4.74 Å². The van der Waals surface area contributed by atoms with Crippen LogP contribution in [0.3, 0.4) is 0 Å². The van der Waals surface area contributed by atoms with Gasteiger partial charge in [0.25, 0.3) is 0 Å². The highest BCUT2D eigenvalue weighted by molar-refractivity contribution is 5.57. The number of nitrogens with zero attached hydrogens (tertiary/aromatic N) is 1. The quantitative estimate of drug-likeness (QED) is 0.405. The van der Waals surface area contributed by atoms with Crippen molar-refractivity contribution in [2.24, 2.45) is 0 Å². The van der Waals surface area contributed by atoms with E-state index < -0.39 is 4.92 Å². The molecule has 0 amide bonds. The normalized spacial score (nSPS) is 10.3. The maximum absolute atomic E-state index is 10.9. The number of hydrogen-bond acceptors (Lipinski definition) is 5. The minimum absolute atomic E-state index is 0.00313. The molecule has 6 heteroatoms. The molecule has 0 saturated carbocycles. The minimum atomic E-state index is -0.423. The molecule has 0 fully saturated rings. The molecule has 1 aromatic carbocycles. The van der Waals surface area contributed by atoms with Crippen molar-refractivity contribution in [1.29, 1.82) is 0 Å². The number of nitrogens with one attached hydrogen (secondary N) is 1. The highest BCUT2D eigenvalue weighted by Crippen LogP contribution is 2.30. The Bertz CT molecular complexity index is 424. The van der Waals surface area contributed by atoms with Gasteiger partial charge < -0.3 is 14.8 Å². The van der Waals surface area contributed by atoms with Crippen molar-refractivity contribution in [2.75, 3.05) is 32.2 Å². The summed E-state index contributed by atoms with van der Waals surface area (Å²) in [5.41, 5.74) is 0.836. The van der Waals surface area contributed by atoms with Crippen LogP contribution in [-0.4, -0.2) is 31.8 Å². The van der Waals surface area contributed by atoms with Gasteiger partial charge in [-0.25, -0.2) is 0 Å². The van der Waals surface area contributed by atoms with Crippen LogP contribution in [0.15, 0.2) is 18.2 Å². The number of ether oxygens (including phenoxy) is 2. The van der Waals surface area contributed by atoms with Gasteiger partial charge in [-0.15, -0.1) is 0 Å². The van der Waals surface area contributed by atoms with Crippen molar-refractivity contribution in [3.8, 4) is 5.75 Å². The molecule has 0 radical (unpaired) electrons. The molecule has 0 spiro atoms. The molecular formula is C14H22N2O4. The average molecular weight is 282 g/mol. The van der Waals surface area contributed by atoms with Crippen molar-refractivity contribution in [1.82, 2.24) is 0 Å². The van der Waals surface area contributed by atoms with E-state index in [2.05, 4.69) is 5.32 Å². The number of rotatable bonds is 10. The molecule has 0 heterocycles. The van der Waals surface area contributed by atoms with Gasteiger partial charge in [-0.05, 0) is 25.3 Å². The van der Waals surface area contributed by atoms with E-state index in [0.717, 1.165) is 38.1 Å². The third kappa shape index (κ3) is 5.44. The molecule has 112 valence electrons. The van der Waals surface area contributed by atoms with E-state index in [-0.39, 0.29) is 5.69 Å². The lowest BCUT2D eigenvalue weighted by Crippen LogP contribution is -2.04. The van der Waals surface area contributed by atoms with Crippen LogP contribution >= 0.6 is 0 Å². The summed E-state index contributed by atoms with van der Waals surface area (Å²) in [6, 6.07) is 4.86. The van der Waals surface area contributed by atoms with Gasteiger partial charge in [-0.1, -0.05) is 6.92 Å². The lowest BCUT2D eigenvalue weighted by molar-refractivity contribution is -0.385. The zero-order valence-electron chi connectivity index (χ0n) is 12.1. The largest absolute Gasteiger partial charge is 0.487 e. The van der Waals surface area contributed by atoms with Crippen LogP contribution < -0.4 is 10.1 Å². The molecule has 1 rings (SSSR count). The maximum atomic E-state index is 10.9. The number of anilines is 1. The SMILES string of the molecule is CCCOc1cc(NCCCCOC)ccc1[N+](=O)[O-]. The first kappa shape index (κ1) is 16.2. The minimum Gasteiger partial charge on any atom is -0.487 e. The van der Waals surface area contributed by atoms with E-state index in [1.54, 1.807) is 19.2 Å². The summed E-state index contributed by atoms with van der Waals surface area (Å²) in [5, 5.41) is 14.1. The highest BCUT2D eigenvalue weighted by atomic mass is 16.6. The van der Waals surface area contributed by atoms with Crippen LogP contribution in [0.4, 0.5) is 11.4 Å². The highest BCUT2D eigenvalue weighted by Gasteiger charge is 2.15. The zero-order chi connectivity index (χ0) is 14.8. The Morgan fingerprint density at radius 3 is 2.75 bits per heavy atom. The maximum Gasteiger partial charge on any atom is 0.311 e. The molecule has 0 bridgehead atoms. The molecule has 0 aliphatic rings. The molecule has 0 unspecified atom stereocenters. The molecule has 20 heavy (non-hydrogen) atoms. The molecule has 0 aliphatic carbocycles. The number of unbranched alkanes of at least 4 members (excludes halogenated alkanes) is 1. The summed E-state index contributed by atoms with van der Waals surface area (Å²) >= 11 is 0. The second kappa shape index (κ2) is 9.14. The fourth-order valence-electron chi connectivity index (χ4n) is 1.71. The predicted molar refractivity (Wildman–Crippen MR) is 78.5 cm³/mol. The van der Waals surface area contributed by atoms with E-state index in [4.69, 9.17) is 9.47 Å². The number of methoxy groups -OCH3 is 1. The van der Waals surface area contributed by atoms with Crippen molar-refractivity contribution >= 4 is 11.4 Å². The average Bonchev–Trinajstić information content (AvgIpc) is 2.44. The standard InChI is InChI=1S/C14H22N2O4/c1-3-9-20-14-11-12(6-7-13(14)16(17)18)15-8-4-5-10-19-2/h6-7,11,15H,3-5,8-10H2,1-2H3. The van der Waals surface area contributed by atoms with E-state index >= 15 is 0 Å². The fraction of sp³-hybridized carbons (Fsp3) is 0.571. The van der Waals surface area contributed by atoms with E-state index in [1.165, 1.54) is 6.07 Å². The smallest absolute Gasteiger partial charge is 0.311 e. The lowest BCUT2D eigenvalue weighted by Gasteiger charge is -2.10. The third-order valence-corrected chi connectivity index (χ3v) is 2.72. The van der Waals surface area contributed by atoms with Crippen molar-refractivity contribution in [3.63, 3.8) is 0 Å². The predicted octanol–water partition coefficient (Wildman–Crippen LogP) is 3.22. The molecule has 0 aliphatic heterocycles. The van der Waals surface area contributed by atoms with Crippen LogP contribution in [0, 0.1) is 10.1 Å². The summed E-state index contributed by atoms with van der Waals surface area (Å²) in [7, 11) is 1.68. The summed E-state index contributed by atoms with van der Waals surface area (Å²) in [5.74, 6) is 0.318. The van der Waals surface area contributed by atoms with Gasteiger partial charge in [0.1, 0.15) is 0 Å². The number of hydrogen-bond donors (Lipinski definition) is 1. The van der Waals surface area contributed by atoms with Crippen molar-refractivity contribution < 1.29 is 14.4 Å². The Balaban J connectivity index is 2.61. The van der Waals surface area contributed by atoms with Gasteiger partial charge >= 0.3 is 5.69 Å². The van der Waals surface area contributed by atoms with Gasteiger partial charge in [-0.2, -0.15) is 0 Å². The Morgan fingerprint density at radius 2 is 2.10 bits per heavy atom. The molecule has 0 atom stereocenters. The monoisotopic (exact) mass is 282 g/mol. The van der Waals surface area contributed by atoms with E-state index in [0.29, 0.717) is 12.4 Å². The van der Waals surface area contributed by atoms with Crippen LogP contribution in [0.25, 0.3) is 0 Å². The van der Waals surface area contributed by atoms with Gasteiger partial charge in [0.2, 0.25) is 0 Å². The van der Waals surface area contributed by atoms with Crippen LogP contribution in [0.2, 0.25) is 0 Å². The molecule has 1 aromatic rings. The second-order valence-corrected chi connectivity index (χ2v) is 4.41. The van der Waals surface area contributed by atoms with E-state index in [9.17, 15) is 10.1 Å². The fourth-order valence-corrected chi connectivity index (χ4v) is 1.71. The Morgan fingerprint density at radius 1 is 1.30 bits per heavy atom.